The molecular weight excluding hydrogens is 538 g/mol. The van der Waals surface area contributed by atoms with Gasteiger partial charge in [-0.1, -0.05) is 29.8 Å². The number of aryl methyl sites for hydroxylation is 1. The third-order valence-corrected chi connectivity index (χ3v) is 6.31. The molecule has 4 rings (SSSR count). The van der Waals surface area contributed by atoms with Crippen LogP contribution in [0.3, 0.4) is 0 Å². The van der Waals surface area contributed by atoms with Gasteiger partial charge in [0.25, 0.3) is 5.69 Å². The highest BCUT2D eigenvalue weighted by atomic mass is 16.6. The van der Waals surface area contributed by atoms with Crippen LogP contribution < -0.4 is 5.32 Å². The first kappa shape index (κ1) is 28.4. The van der Waals surface area contributed by atoms with Gasteiger partial charge in [0.1, 0.15) is 16.8 Å². The second kappa shape index (κ2) is 11.3. The molecule has 2 aromatic carbocycles. The Hall–Kier alpha value is -5.59. The van der Waals surface area contributed by atoms with E-state index >= 15 is 0 Å². The maximum Gasteiger partial charge on any atom is 0.357 e. The number of esters is 4. The SMILES string of the molecule is COC(=O)C1=C(C(=O)OC)c2c(nc(C(=O)OC)c(C(=O)OC)c2-c2ccc(C)cc2)-c2cc([N+](=O)[O-])ccc2N1. The molecule has 0 aliphatic carbocycles. The third-order valence-electron chi connectivity index (χ3n) is 6.31. The number of nitrogens with zero attached hydrogens (tertiary/aromatic N) is 2. The summed E-state index contributed by atoms with van der Waals surface area (Å²) in [6, 6.07) is 10.3. The molecule has 41 heavy (non-hydrogen) atoms. The second-order valence-electron chi connectivity index (χ2n) is 8.63. The highest BCUT2D eigenvalue weighted by molar-refractivity contribution is 6.28. The number of aromatic nitrogens is 1. The summed E-state index contributed by atoms with van der Waals surface area (Å²) in [5.41, 5.74) is -1.04. The number of anilines is 1. The van der Waals surface area contributed by atoms with Crippen LogP contribution in [-0.4, -0.2) is 62.2 Å². The highest BCUT2D eigenvalue weighted by Gasteiger charge is 2.39. The second-order valence-corrected chi connectivity index (χ2v) is 8.63. The Bertz CT molecular complexity index is 1660. The molecule has 1 aliphatic heterocycles. The Morgan fingerprint density at radius 3 is 1.98 bits per heavy atom. The minimum atomic E-state index is -1.03. The summed E-state index contributed by atoms with van der Waals surface area (Å²) in [7, 11) is 4.34. The van der Waals surface area contributed by atoms with Crippen molar-refractivity contribution in [3.8, 4) is 22.4 Å². The van der Waals surface area contributed by atoms with Gasteiger partial charge < -0.3 is 24.3 Å². The van der Waals surface area contributed by atoms with E-state index in [0.29, 0.717) is 5.56 Å². The van der Waals surface area contributed by atoms with Gasteiger partial charge in [-0.05, 0) is 18.6 Å². The molecule has 1 N–H and O–H groups in total. The molecule has 2 heterocycles. The van der Waals surface area contributed by atoms with Crippen LogP contribution in [0.2, 0.25) is 0 Å². The zero-order valence-corrected chi connectivity index (χ0v) is 22.5. The first-order valence-electron chi connectivity index (χ1n) is 11.9. The van der Waals surface area contributed by atoms with Gasteiger partial charge >= 0.3 is 23.9 Å². The van der Waals surface area contributed by atoms with Crippen LogP contribution in [0.4, 0.5) is 11.4 Å². The molecule has 13 heteroatoms. The topological polar surface area (TPSA) is 173 Å². The molecule has 0 radical (unpaired) electrons. The fourth-order valence-electron chi connectivity index (χ4n) is 4.41. The molecule has 0 saturated carbocycles. The summed E-state index contributed by atoms with van der Waals surface area (Å²) in [4.78, 5) is 68.3. The van der Waals surface area contributed by atoms with Gasteiger partial charge in [0.2, 0.25) is 0 Å². The van der Waals surface area contributed by atoms with Gasteiger partial charge in [0, 0.05) is 34.5 Å². The third kappa shape index (κ3) is 4.95. The smallest absolute Gasteiger partial charge is 0.357 e. The van der Waals surface area contributed by atoms with Gasteiger partial charge in [0.05, 0.1) is 39.1 Å². The minimum absolute atomic E-state index is 0.0319. The number of fused-ring (bicyclic) bond motifs is 3. The van der Waals surface area contributed by atoms with Crippen LogP contribution in [0.15, 0.2) is 48.2 Å². The van der Waals surface area contributed by atoms with E-state index in [9.17, 15) is 29.3 Å². The van der Waals surface area contributed by atoms with Crippen molar-refractivity contribution in [2.45, 2.75) is 6.92 Å². The lowest BCUT2D eigenvalue weighted by molar-refractivity contribution is -0.384. The van der Waals surface area contributed by atoms with Crippen molar-refractivity contribution >= 4 is 40.8 Å². The predicted molar refractivity (Wildman–Crippen MR) is 144 cm³/mol. The summed E-state index contributed by atoms with van der Waals surface area (Å²) >= 11 is 0. The Morgan fingerprint density at radius 1 is 0.805 bits per heavy atom. The fraction of sp³-hybridized carbons (Fsp3) is 0.179. The predicted octanol–water partition coefficient (Wildman–Crippen LogP) is 3.69. The molecular formula is C28H23N3O10. The van der Waals surface area contributed by atoms with Crippen molar-refractivity contribution < 1.29 is 43.0 Å². The molecule has 0 amide bonds. The summed E-state index contributed by atoms with van der Waals surface area (Å²) < 4.78 is 19.9. The number of hydrogen-bond acceptors (Lipinski definition) is 12. The number of non-ortho nitro benzene ring substituents is 1. The van der Waals surface area contributed by atoms with Crippen molar-refractivity contribution in [3.05, 3.63) is 80.7 Å². The number of ether oxygens (including phenoxy) is 4. The highest BCUT2D eigenvalue weighted by Crippen LogP contribution is 2.46. The lowest BCUT2D eigenvalue weighted by Gasteiger charge is -2.21. The number of benzene rings is 2. The largest absolute Gasteiger partial charge is 0.465 e. The van der Waals surface area contributed by atoms with E-state index in [0.717, 1.165) is 40.1 Å². The van der Waals surface area contributed by atoms with Crippen molar-refractivity contribution in [2.75, 3.05) is 33.8 Å². The lowest BCUT2D eigenvalue weighted by Crippen LogP contribution is -2.21. The molecule has 0 unspecified atom stereocenters. The Kier molecular flexibility index (Phi) is 7.80. The Balaban J connectivity index is 2.38. The fourth-order valence-corrected chi connectivity index (χ4v) is 4.41. The number of nitro benzene ring substituents is 1. The average Bonchev–Trinajstić information content (AvgIpc) is 3.13. The quantitative estimate of drug-likeness (QED) is 0.200. The minimum Gasteiger partial charge on any atom is -0.465 e. The van der Waals surface area contributed by atoms with Gasteiger partial charge in [0.15, 0.2) is 5.69 Å². The van der Waals surface area contributed by atoms with Crippen molar-refractivity contribution in [3.63, 3.8) is 0 Å². The van der Waals surface area contributed by atoms with Crippen LogP contribution in [0.25, 0.3) is 28.0 Å². The van der Waals surface area contributed by atoms with E-state index in [-0.39, 0.29) is 39.3 Å². The molecule has 0 spiro atoms. The maximum atomic E-state index is 13.4. The summed E-state index contributed by atoms with van der Waals surface area (Å²) in [6.07, 6.45) is 0. The Morgan fingerprint density at radius 2 is 1.41 bits per heavy atom. The van der Waals surface area contributed by atoms with E-state index in [2.05, 4.69) is 10.3 Å². The first-order chi connectivity index (χ1) is 19.6. The molecule has 3 aromatic rings. The molecule has 1 aromatic heterocycles. The Labute approximate surface area is 232 Å². The number of methoxy groups -OCH3 is 4. The van der Waals surface area contributed by atoms with Gasteiger partial charge in [-0.3, -0.25) is 10.1 Å². The van der Waals surface area contributed by atoms with Crippen molar-refractivity contribution in [1.29, 1.82) is 0 Å². The standard InChI is InChI=1S/C28H23N3O10/c1-13-6-8-14(9-7-13)18-19-21(26(33)39-3)23(27(34)40-4)29-17-11-10-15(31(36)37)12-16(17)22(19)30-24(28(35)41-5)20(18)25(32)38-2/h6-12,29H,1-5H3. The first-order valence-corrected chi connectivity index (χ1v) is 11.9. The summed E-state index contributed by atoms with van der Waals surface area (Å²) in [6.45, 7) is 1.83. The summed E-state index contributed by atoms with van der Waals surface area (Å²) in [5, 5.41) is 14.5. The van der Waals surface area contributed by atoms with Crippen LogP contribution >= 0.6 is 0 Å². The van der Waals surface area contributed by atoms with Crippen LogP contribution in [0.5, 0.6) is 0 Å². The number of nitro groups is 1. The van der Waals surface area contributed by atoms with Crippen molar-refractivity contribution in [1.82, 2.24) is 4.98 Å². The molecule has 0 bridgehead atoms. The normalized spacial score (nSPS) is 11.7. The van der Waals surface area contributed by atoms with Crippen molar-refractivity contribution in [2.24, 2.45) is 0 Å². The van der Waals surface area contributed by atoms with Crippen LogP contribution in [0, 0.1) is 17.0 Å². The number of hydrogen-bond donors (Lipinski definition) is 1. The molecule has 0 atom stereocenters. The monoisotopic (exact) mass is 561 g/mol. The maximum absolute atomic E-state index is 13.4. The molecule has 0 saturated heterocycles. The number of pyridine rings is 1. The van der Waals surface area contributed by atoms with E-state index in [4.69, 9.17) is 18.9 Å². The number of rotatable bonds is 6. The van der Waals surface area contributed by atoms with Crippen LogP contribution in [0.1, 0.15) is 32.0 Å². The zero-order valence-electron chi connectivity index (χ0n) is 22.5. The molecule has 13 nitrogen and oxygen atoms in total. The molecule has 0 fully saturated rings. The molecule has 210 valence electrons. The number of nitrogens with one attached hydrogen (secondary N) is 1. The van der Waals surface area contributed by atoms with Gasteiger partial charge in [-0.2, -0.15) is 0 Å². The average molecular weight is 562 g/mol. The van der Waals surface area contributed by atoms with E-state index in [1.165, 1.54) is 12.1 Å². The van der Waals surface area contributed by atoms with E-state index in [1.54, 1.807) is 24.3 Å². The molecule has 1 aliphatic rings. The number of carbonyl (C=O) groups excluding carboxylic acids is 4. The van der Waals surface area contributed by atoms with Gasteiger partial charge in [-0.15, -0.1) is 0 Å². The zero-order chi connectivity index (χ0) is 30.0. The lowest BCUT2D eigenvalue weighted by atomic mass is 9.86. The summed E-state index contributed by atoms with van der Waals surface area (Å²) in [5.74, 6) is -4.05. The van der Waals surface area contributed by atoms with E-state index < -0.39 is 45.8 Å². The van der Waals surface area contributed by atoms with Crippen LogP contribution in [-0.2, 0) is 28.5 Å². The van der Waals surface area contributed by atoms with Gasteiger partial charge in [-0.25, -0.2) is 24.2 Å². The number of carbonyl (C=O) groups is 4. The van der Waals surface area contributed by atoms with E-state index in [1.807, 2.05) is 6.92 Å².